The van der Waals surface area contributed by atoms with Crippen molar-refractivity contribution in [2.75, 3.05) is 6.61 Å². The van der Waals surface area contributed by atoms with Gasteiger partial charge in [0, 0.05) is 6.42 Å². The molecule has 0 aliphatic rings. The van der Waals surface area contributed by atoms with Crippen LogP contribution >= 0.6 is 0 Å². The molecule has 4 nitrogen and oxygen atoms in total. The molecule has 0 N–H and O–H groups in total. The van der Waals surface area contributed by atoms with E-state index in [0.29, 0.717) is 13.0 Å². The summed E-state index contributed by atoms with van der Waals surface area (Å²) in [4.78, 5) is 22.9. The molecule has 1 aromatic rings. The summed E-state index contributed by atoms with van der Waals surface area (Å²) in [5.41, 5.74) is 1.42. The Morgan fingerprint density at radius 1 is 1.00 bits per heavy atom. The first-order chi connectivity index (χ1) is 11.2. The van der Waals surface area contributed by atoms with E-state index in [9.17, 15) is 9.59 Å². The number of esters is 1. The Morgan fingerprint density at radius 3 is 2.17 bits per heavy atom. The molecule has 24 heavy (non-hydrogen) atoms. The Bertz CT molecular complexity index is 524. The van der Waals surface area contributed by atoms with Gasteiger partial charge in [0.2, 0.25) is 5.78 Å². The van der Waals surface area contributed by atoms with Gasteiger partial charge in [-0.15, -0.1) is 0 Å². The third-order valence-electron chi connectivity index (χ3n) is 3.61. The Kier molecular flexibility index (Phi) is 7.96. The van der Waals surface area contributed by atoms with E-state index in [1.54, 1.807) is 13.8 Å². The molecule has 134 valence electrons. The summed E-state index contributed by atoms with van der Waals surface area (Å²) in [7, 11) is 0. The number of ketones is 1. The zero-order valence-electron chi connectivity index (χ0n) is 15.6. The molecule has 0 aromatic heterocycles. The smallest absolute Gasteiger partial charge is 0.374 e. The van der Waals surface area contributed by atoms with Crippen LogP contribution in [0.4, 0.5) is 0 Å². The first-order valence-electron chi connectivity index (χ1n) is 8.67. The average Bonchev–Trinajstić information content (AvgIpc) is 2.49. The van der Waals surface area contributed by atoms with E-state index in [2.05, 4.69) is 32.9 Å². The minimum absolute atomic E-state index is 0.141. The molecule has 0 heterocycles. The van der Waals surface area contributed by atoms with Crippen molar-refractivity contribution in [3.05, 3.63) is 29.8 Å². The summed E-state index contributed by atoms with van der Waals surface area (Å²) in [6.07, 6.45) is 2.37. The average molecular weight is 334 g/mol. The van der Waals surface area contributed by atoms with Crippen LogP contribution in [-0.2, 0) is 19.7 Å². The van der Waals surface area contributed by atoms with Gasteiger partial charge in [-0.2, -0.15) is 0 Å². The number of carbonyl (C=O) groups excluding carboxylic acids is 2. The molecular weight excluding hydrogens is 304 g/mol. The molecule has 0 spiro atoms. The van der Waals surface area contributed by atoms with E-state index >= 15 is 0 Å². The third-order valence-corrected chi connectivity index (χ3v) is 3.61. The zero-order chi connectivity index (χ0) is 18.2. The lowest BCUT2D eigenvalue weighted by molar-refractivity contribution is -0.156. The number of Topliss-reactive ketones (excluding diaryl/α,β-unsaturated/α-hetero) is 1. The lowest BCUT2D eigenvalue weighted by atomic mass is 9.87. The van der Waals surface area contributed by atoms with Crippen LogP contribution in [0.1, 0.15) is 65.9 Å². The van der Waals surface area contributed by atoms with Gasteiger partial charge >= 0.3 is 5.97 Å². The number of benzene rings is 1. The molecule has 0 fully saturated rings. The first-order valence-corrected chi connectivity index (χ1v) is 8.67. The van der Waals surface area contributed by atoms with Crippen molar-refractivity contribution in [3.63, 3.8) is 0 Å². The SMILES string of the molecule is CC(C)OC(=O)C(=O)CCCCCOc1ccc(C(C)(C)C)cc1. The van der Waals surface area contributed by atoms with Crippen LogP contribution in [0.3, 0.4) is 0 Å². The Morgan fingerprint density at radius 2 is 1.62 bits per heavy atom. The number of hydrogen-bond acceptors (Lipinski definition) is 4. The lowest BCUT2D eigenvalue weighted by Gasteiger charge is -2.19. The molecule has 0 amide bonds. The second kappa shape index (κ2) is 9.45. The van der Waals surface area contributed by atoms with Crippen molar-refractivity contribution in [2.24, 2.45) is 0 Å². The fraction of sp³-hybridized carbons (Fsp3) is 0.600. The highest BCUT2D eigenvalue weighted by Gasteiger charge is 2.16. The molecular formula is C20H30O4. The van der Waals surface area contributed by atoms with Crippen molar-refractivity contribution in [2.45, 2.75) is 71.8 Å². The maximum Gasteiger partial charge on any atom is 0.374 e. The second-order valence-electron chi connectivity index (χ2n) is 7.31. The monoisotopic (exact) mass is 334 g/mol. The summed E-state index contributed by atoms with van der Waals surface area (Å²) in [5, 5.41) is 0. The Balaban J connectivity index is 2.18. The van der Waals surface area contributed by atoms with Gasteiger partial charge in [0.25, 0.3) is 0 Å². The quantitative estimate of drug-likeness (QED) is 0.380. The highest BCUT2D eigenvalue weighted by Crippen LogP contribution is 2.24. The molecule has 4 heteroatoms. The van der Waals surface area contributed by atoms with Gasteiger partial charge in [-0.25, -0.2) is 4.79 Å². The number of carbonyl (C=O) groups is 2. The molecule has 0 atom stereocenters. The number of hydrogen-bond donors (Lipinski definition) is 0. The van der Waals surface area contributed by atoms with Gasteiger partial charge in [-0.3, -0.25) is 4.79 Å². The molecule has 0 unspecified atom stereocenters. The highest BCUT2D eigenvalue weighted by molar-refractivity contribution is 6.33. The summed E-state index contributed by atoms with van der Waals surface area (Å²) in [6.45, 7) is 10.6. The van der Waals surface area contributed by atoms with E-state index < -0.39 is 11.8 Å². The van der Waals surface area contributed by atoms with Gasteiger partial charge in [-0.1, -0.05) is 32.9 Å². The second-order valence-corrected chi connectivity index (χ2v) is 7.31. The normalized spacial score (nSPS) is 11.4. The molecule has 0 aliphatic heterocycles. The van der Waals surface area contributed by atoms with E-state index in [1.807, 2.05) is 12.1 Å². The van der Waals surface area contributed by atoms with E-state index in [-0.39, 0.29) is 17.9 Å². The largest absolute Gasteiger partial charge is 0.494 e. The number of rotatable bonds is 9. The predicted octanol–water partition coefficient (Wildman–Crippen LogP) is 4.44. The van der Waals surface area contributed by atoms with Crippen molar-refractivity contribution < 1.29 is 19.1 Å². The van der Waals surface area contributed by atoms with Crippen LogP contribution in [0.25, 0.3) is 0 Å². The van der Waals surface area contributed by atoms with Crippen LogP contribution in [0, 0.1) is 0 Å². The van der Waals surface area contributed by atoms with E-state index in [0.717, 1.165) is 18.6 Å². The lowest BCUT2D eigenvalue weighted by Crippen LogP contribution is -2.20. The Labute approximate surface area is 145 Å². The van der Waals surface area contributed by atoms with E-state index in [1.165, 1.54) is 5.56 Å². The van der Waals surface area contributed by atoms with Crippen LogP contribution < -0.4 is 4.74 Å². The minimum atomic E-state index is -0.722. The molecule has 0 aliphatic carbocycles. The van der Waals surface area contributed by atoms with Crippen molar-refractivity contribution in [1.29, 1.82) is 0 Å². The van der Waals surface area contributed by atoms with Gasteiger partial charge < -0.3 is 9.47 Å². The highest BCUT2D eigenvalue weighted by atomic mass is 16.5. The zero-order valence-corrected chi connectivity index (χ0v) is 15.6. The van der Waals surface area contributed by atoms with Gasteiger partial charge in [0.15, 0.2) is 0 Å². The minimum Gasteiger partial charge on any atom is -0.494 e. The van der Waals surface area contributed by atoms with Crippen molar-refractivity contribution in [1.82, 2.24) is 0 Å². The summed E-state index contributed by atoms with van der Waals surface area (Å²) < 4.78 is 10.6. The fourth-order valence-electron chi connectivity index (χ4n) is 2.19. The van der Waals surface area contributed by atoms with Crippen LogP contribution in [0.15, 0.2) is 24.3 Å². The van der Waals surface area contributed by atoms with Gasteiger partial charge in [0.1, 0.15) is 5.75 Å². The van der Waals surface area contributed by atoms with E-state index in [4.69, 9.17) is 9.47 Å². The van der Waals surface area contributed by atoms with Crippen LogP contribution in [0.5, 0.6) is 5.75 Å². The molecule has 1 rings (SSSR count). The molecule has 1 aromatic carbocycles. The summed E-state index contributed by atoms with van der Waals surface area (Å²) in [5.74, 6) is -0.304. The van der Waals surface area contributed by atoms with Gasteiger partial charge in [0.05, 0.1) is 12.7 Å². The molecule has 0 saturated carbocycles. The summed E-state index contributed by atoms with van der Waals surface area (Å²) >= 11 is 0. The number of ether oxygens (including phenoxy) is 2. The molecule has 0 bridgehead atoms. The first kappa shape index (κ1) is 20.2. The maximum atomic E-state index is 11.5. The van der Waals surface area contributed by atoms with Gasteiger partial charge in [-0.05, 0) is 56.2 Å². The predicted molar refractivity (Wildman–Crippen MR) is 95.3 cm³/mol. The fourth-order valence-corrected chi connectivity index (χ4v) is 2.19. The maximum absolute atomic E-state index is 11.5. The molecule has 0 saturated heterocycles. The standard InChI is InChI=1S/C20H30O4/c1-15(2)24-19(22)18(21)9-7-6-8-14-23-17-12-10-16(11-13-17)20(3,4)5/h10-13,15H,6-9,14H2,1-5H3. The third kappa shape index (κ3) is 7.62. The topological polar surface area (TPSA) is 52.6 Å². The van der Waals surface area contributed by atoms with Crippen molar-refractivity contribution >= 4 is 11.8 Å². The van der Waals surface area contributed by atoms with Crippen molar-refractivity contribution in [3.8, 4) is 5.75 Å². The Hall–Kier alpha value is -1.84. The van der Waals surface area contributed by atoms with Crippen LogP contribution in [0.2, 0.25) is 0 Å². The van der Waals surface area contributed by atoms with Crippen LogP contribution in [-0.4, -0.2) is 24.5 Å². The molecule has 0 radical (unpaired) electrons. The summed E-state index contributed by atoms with van der Waals surface area (Å²) in [6, 6.07) is 8.17. The number of unbranched alkanes of at least 4 members (excludes halogenated alkanes) is 2.